The summed E-state index contributed by atoms with van der Waals surface area (Å²) in [7, 11) is 0. The first-order valence-electron chi connectivity index (χ1n) is 4.76. The molecule has 0 unspecified atom stereocenters. The molecule has 0 aliphatic heterocycles. The highest BCUT2D eigenvalue weighted by Gasteiger charge is 2.38. The Morgan fingerprint density at radius 1 is 1.19 bits per heavy atom. The molecular weight excluding hydrogens is 223 g/mol. The number of Topliss-reactive ketones (excluding diaryl/α,β-unsaturated/α-hetero) is 1. The zero-order chi connectivity index (χ0) is 11.9. The quantitative estimate of drug-likeness (QED) is 0.741. The molecule has 1 aliphatic rings. The van der Waals surface area contributed by atoms with Gasteiger partial charge in [-0.1, -0.05) is 0 Å². The summed E-state index contributed by atoms with van der Waals surface area (Å²) < 4.78 is 37.9. The number of carbonyl (C=O) groups excluding carboxylic acids is 1. The van der Waals surface area contributed by atoms with Gasteiger partial charge in [0.1, 0.15) is 0 Å². The van der Waals surface area contributed by atoms with Gasteiger partial charge in [-0.25, -0.2) is 0 Å². The Morgan fingerprint density at radius 3 is 2.50 bits per heavy atom. The Kier molecular flexibility index (Phi) is 2.36. The lowest BCUT2D eigenvalue weighted by Crippen LogP contribution is -2.25. The average Bonchev–Trinajstić information content (AvgIpc) is 2.15. The van der Waals surface area contributed by atoms with E-state index in [0.717, 1.165) is 0 Å². The van der Waals surface area contributed by atoms with Crippen LogP contribution >= 0.6 is 0 Å². The maximum Gasteiger partial charge on any atom is 0.417 e. The van der Waals surface area contributed by atoms with Gasteiger partial charge in [0.05, 0.1) is 5.56 Å². The standard InChI is InChI=1S/C10H8F3NO2/c11-10(12,13)5-4-8(16)14-6-2-1-3-7(15)9(5)6/h4H,1-3H2,(H,14,16). The third kappa shape index (κ3) is 1.75. The van der Waals surface area contributed by atoms with Crippen LogP contribution in [-0.2, 0) is 12.6 Å². The van der Waals surface area contributed by atoms with Crippen molar-refractivity contribution in [2.24, 2.45) is 0 Å². The van der Waals surface area contributed by atoms with Gasteiger partial charge in [0, 0.05) is 23.7 Å². The van der Waals surface area contributed by atoms with Crippen LogP contribution in [0.4, 0.5) is 13.2 Å². The minimum atomic E-state index is -4.66. The van der Waals surface area contributed by atoms with E-state index >= 15 is 0 Å². The number of aromatic nitrogens is 1. The zero-order valence-electron chi connectivity index (χ0n) is 8.15. The van der Waals surface area contributed by atoms with Crippen LogP contribution in [0.1, 0.15) is 34.5 Å². The number of rotatable bonds is 0. The van der Waals surface area contributed by atoms with E-state index in [0.29, 0.717) is 18.9 Å². The van der Waals surface area contributed by atoms with Crippen LogP contribution in [0.2, 0.25) is 0 Å². The summed E-state index contributed by atoms with van der Waals surface area (Å²) >= 11 is 0. The lowest BCUT2D eigenvalue weighted by Gasteiger charge is -2.18. The average molecular weight is 231 g/mol. The van der Waals surface area contributed by atoms with Crippen molar-refractivity contribution in [3.8, 4) is 0 Å². The summed E-state index contributed by atoms with van der Waals surface area (Å²) in [6, 6.07) is 0.446. The third-order valence-corrected chi connectivity index (χ3v) is 2.54. The molecule has 1 N–H and O–H groups in total. The van der Waals surface area contributed by atoms with Crippen LogP contribution in [0.25, 0.3) is 0 Å². The highest BCUT2D eigenvalue weighted by atomic mass is 19.4. The summed E-state index contributed by atoms with van der Waals surface area (Å²) in [5, 5.41) is 0. The molecule has 1 aromatic rings. The van der Waals surface area contributed by atoms with Crippen molar-refractivity contribution in [2.45, 2.75) is 25.4 Å². The lowest BCUT2D eigenvalue weighted by molar-refractivity contribution is -0.138. The third-order valence-electron chi connectivity index (χ3n) is 2.54. The highest BCUT2D eigenvalue weighted by molar-refractivity contribution is 5.99. The van der Waals surface area contributed by atoms with E-state index in [4.69, 9.17) is 0 Å². The number of pyridine rings is 1. The van der Waals surface area contributed by atoms with Gasteiger partial charge >= 0.3 is 6.18 Å². The fraction of sp³-hybridized carbons (Fsp3) is 0.400. The van der Waals surface area contributed by atoms with Crippen molar-refractivity contribution in [3.63, 3.8) is 0 Å². The van der Waals surface area contributed by atoms with E-state index in [1.54, 1.807) is 0 Å². The van der Waals surface area contributed by atoms with Gasteiger partial charge in [0.25, 0.3) is 0 Å². The zero-order valence-corrected chi connectivity index (χ0v) is 8.15. The van der Waals surface area contributed by atoms with E-state index in [-0.39, 0.29) is 17.7 Å². The molecule has 0 amide bonds. The van der Waals surface area contributed by atoms with Crippen molar-refractivity contribution in [2.75, 3.05) is 0 Å². The minimum Gasteiger partial charge on any atom is -0.325 e. The number of aryl methyl sites for hydroxylation is 1. The maximum absolute atomic E-state index is 12.6. The largest absolute Gasteiger partial charge is 0.417 e. The number of carbonyl (C=O) groups is 1. The molecule has 0 radical (unpaired) electrons. The van der Waals surface area contributed by atoms with Crippen LogP contribution in [0.5, 0.6) is 0 Å². The van der Waals surface area contributed by atoms with E-state index in [1.807, 2.05) is 0 Å². The molecule has 0 saturated carbocycles. The second kappa shape index (κ2) is 3.47. The number of fused-ring (bicyclic) bond motifs is 1. The van der Waals surface area contributed by atoms with E-state index in [2.05, 4.69) is 4.98 Å². The van der Waals surface area contributed by atoms with Crippen LogP contribution in [-0.4, -0.2) is 10.8 Å². The van der Waals surface area contributed by atoms with Crippen molar-refractivity contribution >= 4 is 5.78 Å². The molecule has 16 heavy (non-hydrogen) atoms. The Hall–Kier alpha value is -1.59. The number of hydrogen-bond acceptors (Lipinski definition) is 2. The van der Waals surface area contributed by atoms with Gasteiger partial charge < -0.3 is 4.98 Å². The smallest absolute Gasteiger partial charge is 0.325 e. The highest BCUT2D eigenvalue weighted by Crippen LogP contribution is 2.34. The first kappa shape index (κ1) is 10.9. The molecule has 86 valence electrons. The number of hydrogen-bond donors (Lipinski definition) is 1. The SMILES string of the molecule is O=C1CCCc2[nH]c(=O)cc(C(F)(F)F)c21. The van der Waals surface area contributed by atoms with Crippen LogP contribution < -0.4 is 5.56 Å². The molecule has 0 atom stereocenters. The molecular formula is C10H8F3NO2. The number of nitrogens with one attached hydrogen (secondary N) is 1. The summed E-state index contributed by atoms with van der Waals surface area (Å²) in [6.07, 6.45) is -3.78. The van der Waals surface area contributed by atoms with Crippen molar-refractivity contribution in [3.05, 3.63) is 33.2 Å². The first-order chi connectivity index (χ1) is 7.39. The van der Waals surface area contributed by atoms with Crippen LogP contribution in [0.15, 0.2) is 10.9 Å². The van der Waals surface area contributed by atoms with E-state index < -0.39 is 23.1 Å². The van der Waals surface area contributed by atoms with Gasteiger partial charge in [-0.2, -0.15) is 13.2 Å². The Balaban J connectivity index is 2.73. The monoisotopic (exact) mass is 231 g/mol. The number of alkyl halides is 3. The first-order valence-corrected chi connectivity index (χ1v) is 4.76. The molecule has 0 saturated heterocycles. The Bertz CT molecular complexity index is 502. The number of H-pyrrole nitrogens is 1. The maximum atomic E-state index is 12.6. The van der Waals surface area contributed by atoms with Gasteiger partial charge in [-0.3, -0.25) is 9.59 Å². The minimum absolute atomic E-state index is 0.0993. The molecule has 6 heteroatoms. The molecule has 2 rings (SSSR count). The molecule has 1 aliphatic carbocycles. The van der Waals surface area contributed by atoms with E-state index in [1.165, 1.54) is 0 Å². The van der Waals surface area contributed by atoms with Gasteiger partial charge in [0.2, 0.25) is 5.56 Å². The van der Waals surface area contributed by atoms with Crippen molar-refractivity contribution < 1.29 is 18.0 Å². The van der Waals surface area contributed by atoms with Gasteiger partial charge in [-0.15, -0.1) is 0 Å². The number of ketones is 1. The summed E-state index contributed by atoms with van der Waals surface area (Å²) in [5.74, 6) is -0.551. The topological polar surface area (TPSA) is 49.9 Å². The normalized spacial score (nSPS) is 16.1. The molecule has 0 aromatic carbocycles. The number of aromatic amines is 1. The lowest BCUT2D eigenvalue weighted by atomic mass is 9.91. The van der Waals surface area contributed by atoms with Crippen LogP contribution in [0.3, 0.4) is 0 Å². The Labute approximate surface area is 88.3 Å². The molecule has 0 spiro atoms. The predicted octanol–water partition coefficient (Wildman–Crippen LogP) is 1.91. The van der Waals surface area contributed by atoms with Gasteiger partial charge in [0.15, 0.2) is 5.78 Å². The van der Waals surface area contributed by atoms with Gasteiger partial charge in [-0.05, 0) is 12.8 Å². The second-order valence-electron chi connectivity index (χ2n) is 3.68. The van der Waals surface area contributed by atoms with E-state index in [9.17, 15) is 22.8 Å². The summed E-state index contributed by atoms with van der Waals surface area (Å²) in [5.41, 5.74) is -2.19. The molecule has 0 bridgehead atoms. The van der Waals surface area contributed by atoms with Crippen molar-refractivity contribution in [1.82, 2.24) is 4.98 Å². The molecule has 3 nitrogen and oxygen atoms in total. The fourth-order valence-electron chi connectivity index (χ4n) is 1.89. The molecule has 1 heterocycles. The van der Waals surface area contributed by atoms with Crippen molar-refractivity contribution in [1.29, 1.82) is 0 Å². The second-order valence-corrected chi connectivity index (χ2v) is 3.68. The van der Waals surface area contributed by atoms with Crippen LogP contribution in [0, 0.1) is 0 Å². The predicted molar refractivity (Wildman–Crippen MR) is 49.3 cm³/mol. The summed E-state index contributed by atoms with van der Waals surface area (Å²) in [4.78, 5) is 24.8. The Morgan fingerprint density at radius 2 is 1.88 bits per heavy atom. The molecule has 0 fully saturated rings. The fourth-order valence-corrected chi connectivity index (χ4v) is 1.89. The number of halogens is 3. The molecule has 1 aromatic heterocycles. The summed E-state index contributed by atoms with van der Waals surface area (Å²) in [6.45, 7) is 0.